The van der Waals surface area contributed by atoms with Crippen LogP contribution in [0, 0.1) is 5.82 Å². The van der Waals surface area contributed by atoms with Crippen LogP contribution in [0.3, 0.4) is 0 Å². The summed E-state index contributed by atoms with van der Waals surface area (Å²) < 4.78 is 18.1. The van der Waals surface area contributed by atoms with E-state index in [1.54, 1.807) is 19.1 Å². The van der Waals surface area contributed by atoms with E-state index in [0.717, 1.165) is 0 Å². The van der Waals surface area contributed by atoms with E-state index in [-0.39, 0.29) is 5.82 Å². The number of aliphatic hydroxyl groups excluding tert-OH is 1. The number of halogens is 1. The fourth-order valence-electron chi connectivity index (χ4n) is 1.34. The molecule has 3 nitrogen and oxygen atoms in total. The molecule has 0 saturated heterocycles. The normalized spacial score (nSPS) is 12.2. The lowest BCUT2D eigenvalue weighted by Crippen LogP contribution is -1.95. The first-order chi connectivity index (χ1) is 8.15. The van der Waals surface area contributed by atoms with Gasteiger partial charge in [-0.15, -0.1) is 0 Å². The zero-order valence-corrected chi connectivity index (χ0v) is 9.30. The first-order valence-corrected chi connectivity index (χ1v) is 5.22. The lowest BCUT2D eigenvalue weighted by molar-refractivity contribution is 0.194. The second kappa shape index (κ2) is 4.93. The third-order valence-corrected chi connectivity index (χ3v) is 2.24. The zero-order chi connectivity index (χ0) is 12.3. The SMILES string of the molecule is CC(O)c1ccc(Oc2ccc(F)cc2)cn1. The molecule has 0 radical (unpaired) electrons. The molecule has 1 N–H and O–H groups in total. The van der Waals surface area contributed by atoms with Crippen LogP contribution in [0.1, 0.15) is 18.7 Å². The summed E-state index contributed by atoms with van der Waals surface area (Å²) in [5, 5.41) is 9.29. The average molecular weight is 233 g/mol. The first-order valence-electron chi connectivity index (χ1n) is 5.22. The Labute approximate surface area is 98.5 Å². The molecule has 17 heavy (non-hydrogen) atoms. The maximum absolute atomic E-state index is 12.7. The molecule has 0 aliphatic heterocycles. The Bertz CT molecular complexity index is 480. The highest BCUT2D eigenvalue weighted by atomic mass is 19.1. The van der Waals surface area contributed by atoms with Gasteiger partial charge in [0.15, 0.2) is 0 Å². The summed E-state index contributed by atoms with van der Waals surface area (Å²) in [6, 6.07) is 9.12. The van der Waals surface area contributed by atoms with E-state index in [4.69, 9.17) is 4.74 Å². The van der Waals surface area contributed by atoms with Gasteiger partial charge in [-0.2, -0.15) is 0 Å². The molecule has 2 aromatic rings. The maximum atomic E-state index is 12.7. The molecule has 0 spiro atoms. The van der Waals surface area contributed by atoms with E-state index in [0.29, 0.717) is 17.2 Å². The summed E-state index contributed by atoms with van der Waals surface area (Å²) in [6.07, 6.45) is 0.917. The van der Waals surface area contributed by atoms with Gasteiger partial charge in [-0.25, -0.2) is 4.39 Å². The third-order valence-electron chi connectivity index (χ3n) is 2.24. The number of benzene rings is 1. The lowest BCUT2D eigenvalue weighted by atomic mass is 10.2. The lowest BCUT2D eigenvalue weighted by Gasteiger charge is -2.07. The van der Waals surface area contributed by atoms with Crippen molar-refractivity contribution in [3.8, 4) is 11.5 Å². The molecule has 0 aliphatic carbocycles. The molecule has 1 aromatic heterocycles. The molecular formula is C13H12FNO2. The largest absolute Gasteiger partial charge is 0.456 e. The van der Waals surface area contributed by atoms with Crippen LogP contribution >= 0.6 is 0 Å². The Hall–Kier alpha value is -1.94. The fraction of sp³-hybridized carbons (Fsp3) is 0.154. The number of pyridine rings is 1. The Morgan fingerprint density at radius 1 is 1.12 bits per heavy atom. The summed E-state index contributed by atoms with van der Waals surface area (Å²) in [7, 11) is 0. The van der Waals surface area contributed by atoms with Crippen LogP contribution in [-0.2, 0) is 0 Å². The van der Waals surface area contributed by atoms with Crippen LogP contribution in [0.15, 0.2) is 42.6 Å². The van der Waals surface area contributed by atoms with E-state index in [1.807, 2.05) is 0 Å². The van der Waals surface area contributed by atoms with Crippen LogP contribution in [-0.4, -0.2) is 10.1 Å². The smallest absolute Gasteiger partial charge is 0.145 e. The van der Waals surface area contributed by atoms with E-state index in [1.165, 1.54) is 30.5 Å². The summed E-state index contributed by atoms with van der Waals surface area (Å²) in [4.78, 5) is 4.04. The highest BCUT2D eigenvalue weighted by Gasteiger charge is 2.03. The molecule has 0 saturated carbocycles. The Morgan fingerprint density at radius 2 is 1.76 bits per heavy atom. The molecule has 0 amide bonds. The first kappa shape index (κ1) is 11.5. The maximum Gasteiger partial charge on any atom is 0.145 e. The monoisotopic (exact) mass is 233 g/mol. The molecule has 0 bridgehead atoms. The second-order valence-electron chi connectivity index (χ2n) is 3.65. The highest BCUT2D eigenvalue weighted by Crippen LogP contribution is 2.21. The number of hydrogen-bond donors (Lipinski definition) is 1. The Morgan fingerprint density at radius 3 is 2.29 bits per heavy atom. The van der Waals surface area contributed by atoms with Crippen molar-refractivity contribution in [1.29, 1.82) is 0 Å². The number of aliphatic hydroxyl groups is 1. The standard InChI is InChI=1S/C13H12FNO2/c1-9(16)13-7-6-12(8-15-13)17-11-4-2-10(14)3-5-11/h2-9,16H,1H3. The fourth-order valence-corrected chi connectivity index (χ4v) is 1.34. The molecule has 0 aliphatic rings. The van der Waals surface area contributed by atoms with Gasteiger partial charge >= 0.3 is 0 Å². The number of rotatable bonds is 3. The van der Waals surface area contributed by atoms with Crippen molar-refractivity contribution in [3.05, 3.63) is 54.1 Å². The van der Waals surface area contributed by atoms with Gasteiger partial charge in [0.1, 0.15) is 17.3 Å². The predicted molar refractivity (Wildman–Crippen MR) is 61.3 cm³/mol. The van der Waals surface area contributed by atoms with Gasteiger partial charge in [0.05, 0.1) is 18.0 Å². The highest BCUT2D eigenvalue weighted by molar-refractivity contribution is 5.30. The van der Waals surface area contributed by atoms with Crippen molar-refractivity contribution in [2.45, 2.75) is 13.0 Å². The molecule has 88 valence electrons. The molecule has 1 aromatic carbocycles. The van der Waals surface area contributed by atoms with Crippen LogP contribution in [0.5, 0.6) is 11.5 Å². The second-order valence-corrected chi connectivity index (χ2v) is 3.65. The van der Waals surface area contributed by atoms with Gasteiger partial charge < -0.3 is 9.84 Å². The summed E-state index contributed by atoms with van der Waals surface area (Å²) >= 11 is 0. The topological polar surface area (TPSA) is 42.4 Å². The molecule has 0 fully saturated rings. The third kappa shape index (κ3) is 3.01. The van der Waals surface area contributed by atoms with Crippen molar-refractivity contribution in [2.75, 3.05) is 0 Å². The van der Waals surface area contributed by atoms with Crippen LogP contribution in [0.2, 0.25) is 0 Å². The van der Waals surface area contributed by atoms with Gasteiger partial charge in [0.2, 0.25) is 0 Å². The van der Waals surface area contributed by atoms with Gasteiger partial charge in [0.25, 0.3) is 0 Å². The molecule has 4 heteroatoms. The molecule has 1 atom stereocenters. The minimum absolute atomic E-state index is 0.306. The van der Waals surface area contributed by atoms with Crippen molar-refractivity contribution >= 4 is 0 Å². The summed E-state index contributed by atoms with van der Waals surface area (Å²) in [5.74, 6) is 0.777. The summed E-state index contributed by atoms with van der Waals surface area (Å²) in [5.41, 5.74) is 0.580. The van der Waals surface area contributed by atoms with Crippen LogP contribution < -0.4 is 4.74 Å². The van der Waals surface area contributed by atoms with E-state index in [9.17, 15) is 9.50 Å². The summed E-state index contributed by atoms with van der Waals surface area (Å²) in [6.45, 7) is 1.64. The van der Waals surface area contributed by atoms with Crippen LogP contribution in [0.25, 0.3) is 0 Å². The number of ether oxygens (including phenoxy) is 1. The Kier molecular flexibility index (Phi) is 3.35. The van der Waals surface area contributed by atoms with E-state index >= 15 is 0 Å². The van der Waals surface area contributed by atoms with Crippen LogP contribution in [0.4, 0.5) is 4.39 Å². The number of hydrogen-bond acceptors (Lipinski definition) is 3. The van der Waals surface area contributed by atoms with Gasteiger partial charge in [-0.1, -0.05) is 0 Å². The molecule has 1 heterocycles. The minimum Gasteiger partial charge on any atom is -0.456 e. The van der Waals surface area contributed by atoms with Gasteiger partial charge in [0, 0.05) is 0 Å². The number of aromatic nitrogens is 1. The van der Waals surface area contributed by atoms with Gasteiger partial charge in [-0.05, 0) is 43.3 Å². The average Bonchev–Trinajstić information content (AvgIpc) is 2.33. The van der Waals surface area contributed by atoms with Gasteiger partial charge in [-0.3, -0.25) is 4.98 Å². The molecular weight excluding hydrogens is 221 g/mol. The van der Waals surface area contributed by atoms with Crippen molar-refractivity contribution < 1.29 is 14.2 Å². The van der Waals surface area contributed by atoms with Crippen molar-refractivity contribution in [3.63, 3.8) is 0 Å². The van der Waals surface area contributed by atoms with E-state index < -0.39 is 6.10 Å². The quantitative estimate of drug-likeness (QED) is 0.885. The molecule has 2 rings (SSSR count). The number of nitrogens with zero attached hydrogens (tertiary/aromatic N) is 1. The van der Waals surface area contributed by atoms with Crippen molar-refractivity contribution in [2.24, 2.45) is 0 Å². The molecule has 1 unspecified atom stereocenters. The van der Waals surface area contributed by atoms with E-state index in [2.05, 4.69) is 4.98 Å². The van der Waals surface area contributed by atoms with Crippen molar-refractivity contribution in [1.82, 2.24) is 4.98 Å². The predicted octanol–water partition coefficient (Wildman–Crippen LogP) is 3.07. The zero-order valence-electron chi connectivity index (χ0n) is 9.30. The minimum atomic E-state index is -0.602. The Balaban J connectivity index is 2.11.